The summed E-state index contributed by atoms with van der Waals surface area (Å²) in [6.45, 7) is 0. The number of aromatic hydroxyl groups is 2. The van der Waals surface area contributed by atoms with Gasteiger partial charge < -0.3 is 10.2 Å². The topological polar surface area (TPSA) is 40.5 Å². The first kappa shape index (κ1) is 23.6. The van der Waals surface area contributed by atoms with E-state index in [0.717, 1.165) is 20.3 Å². The molecular formula is C28H21IO2. The lowest BCUT2D eigenvalue weighted by molar-refractivity contribution is 0.474. The normalized spacial score (nSPS) is 8.77. The Balaban J connectivity index is 0.000000181. The summed E-state index contributed by atoms with van der Waals surface area (Å²) in [4.78, 5) is 0. The average Bonchev–Trinajstić information content (AvgIpc) is 2.80. The standard InChI is InChI=1S/C14H10O.C8H6.C6H5IO/c15-14-8-4-7-13(11-14)10-9-12-5-2-1-3-6-12;1-2-8-6-4-3-5-7-8;7-5-2-1-3-6(8)4-5/h1-8,11,15H;1,3-7H;1-4,8H. The van der Waals surface area contributed by atoms with Gasteiger partial charge in [-0.25, -0.2) is 0 Å². The van der Waals surface area contributed by atoms with E-state index in [1.807, 2.05) is 78.9 Å². The molecule has 0 fully saturated rings. The van der Waals surface area contributed by atoms with E-state index in [0.29, 0.717) is 5.75 Å². The van der Waals surface area contributed by atoms with E-state index in [2.05, 4.69) is 40.4 Å². The maximum Gasteiger partial charge on any atom is 0.116 e. The molecule has 4 aromatic rings. The molecule has 0 atom stereocenters. The van der Waals surface area contributed by atoms with Gasteiger partial charge in [0.05, 0.1) is 0 Å². The molecule has 0 spiro atoms. The predicted octanol–water partition coefficient (Wildman–Crippen LogP) is 6.46. The van der Waals surface area contributed by atoms with Crippen molar-refractivity contribution in [2.45, 2.75) is 0 Å². The van der Waals surface area contributed by atoms with Crippen LogP contribution in [0.15, 0.2) is 109 Å². The second-order valence-corrected chi connectivity index (χ2v) is 7.40. The first-order valence-corrected chi connectivity index (χ1v) is 10.5. The molecule has 3 heteroatoms. The van der Waals surface area contributed by atoms with E-state index in [1.54, 1.807) is 30.3 Å². The van der Waals surface area contributed by atoms with Gasteiger partial charge in [0.25, 0.3) is 0 Å². The van der Waals surface area contributed by atoms with Crippen molar-refractivity contribution in [1.29, 1.82) is 0 Å². The first-order valence-electron chi connectivity index (χ1n) is 9.39. The summed E-state index contributed by atoms with van der Waals surface area (Å²) in [6, 6.07) is 33.4. The Morgan fingerprint density at radius 1 is 0.548 bits per heavy atom. The van der Waals surface area contributed by atoms with Gasteiger partial charge in [0.1, 0.15) is 11.5 Å². The van der Waals surface area contributed by atoms with E-state index in [1.165, 1.54) is 0 Å². The highest BCUT2D eigenvalue weighted by Crippen LogP contribution is 2.12. The highest BCUT2D eigenvalue weighted by Gasteiger charge is 1.89. The van der Waals surface area contributed by atoms with Crippen LogP contribution in [-0.4, -0.2) is 10.2 Å². The third kappa shape index (κ3) is 10.1. The van der Waals surface area contributed by atoms with Gasteiger partial charge in [-0.3, -0.25) is 0 Å². The van der Waals surface area contributed by atoms with Crippen molar-refractivity contribution in [1.82, 2.24) is 0 Å². The number of hydrogen-bond donors (Lipinski definition) is 2. The monoisotopic (exact) mass is 516 g/mol. The van der Waals surface area contributed by atoms with Gasteiger partial charge in [0.15, 0.2) is 0 Å². The van der Waals surface area contributed by atoms with Crippen LogP contribution in [0.3, 0.4) is 0 Å². The lowest BCUT2D eigenvalue weighted by Gasteiger charge is -1.91. The van der Waals surface area contributed by atoms with Crippen molar-refractivity contribution in [2.24, 2.45) is 0 Å². The lowest BCUT2D eigenvalue weighted by atomic mass is 10.2. The Morgan fingerprint density at radius 2 is 1.03 bits per heavy atom. The number of phenolic OH excluding ortho intramolecular Hbond substituents is 2. The van der Waals surface area contributed by atoms with Crippen LogP contribution in [0.1, 0.15) is 16.7 Å². The summed E-state index contributed by atoms with van der Waals surface area (Å²) in [5.41, 5.74) is 2.73. The van der Waals surface area contributed by atoms with Gasteiger partial charge in [-0.1, -0.05) is 66.3 Å². The highest BCUT2D eigenvalue weighted by molar-refractivity contribution is 14.1. The minimum Gasteiger partial charge on any atom is -0.508 e. The van der Waals surface area contributed by atoms with Gasteiger partial charge in [-0.05, 0) is 83.3 Å². The smallest absolute Gasteiger partial charge is 0.116 e. The van der Waals surface area contributed by atoms with E-state index < -0.39 is 0 Å². The van der Waals surface area contributed by atoms with Crippen molar-refractivity contribution in [3.8, 4) is 35.7 Å². The number of hydrogen-bond acceptors (Lipinski definition) is 2. The third-order valence-electron chi connectivity index (χ3n) is 3.72. The summed E-state index contributed by atoms with van der Waals surface area (Å²) in [5, 5.41) is 18.1. The van der Waals surface area contributed by atoms with E-state index >= 15 is 0 Å². The van der Waals surface area contributed by atoms with Gasteiger partial charge in [0.2, 0.25) is 0 Å². The Hall–Kier alpha value is -3.67. The molecule has 4 aromatic carbocycles. The largest absolute Gasteiger partial charge is 0.508 e. The van der Waals surface area contributed by atoms with Crippen molar-refractivity contribution in [2.75, 3.05) is 0 Å². The van der Waals surface area contributed by atoms with Crippen LogP contribution in [0.25, 0.3) is 0 Å². The average molecular weight is 516 g/mol. The third-order valence-corrected chi connectivity index (χ3v) is 4.39. The molecule has 31 heavy (non-hydrogen) atoms. The van der Waals surface area contributed by atoms with Crippen LogP contribution in [-0.2, 0) is 0 Å². The van der Waals surface area contributed by atoms with Gasteiger partial charge in [-0.15, -0.1) is 6.42 Å². The number of terminal acetylenes is 1. The van der Waals surface area contributed by atoms with Crippen molar-refractivity contribution < 1.29 is 10.2 Å². The molecule has 2 nitrogen and oxygen atoms in total. The van der Waals surface area contributed by atoms with E-state index in [9.17, 15) is 5.11 Å². The molecule has 0 aliphatic carbocycles. The summed E-state index contributed by atoms with van der Waals surface area (Å²) < 4.78 is 1.06. The molecule has 0 unspecified atom stereocenters. The summed E-state index contributed by atoms with van der Waals surface area (Å²) >= 11 is 2.15. The molecule has 0 radical (unpaired) electrons. The summed E-state index contributed by atoms with van der Waals surface area (Å²) in [6.07, 6.45) is 5.10. The molecule has 0 amide bonds. The fourth-order valence-corrected chi connectivity index (χ4v) is 2.79. The molecule has 0 aliphatic heterocycles. The second kappa shape index (κ2) is 13.5. The van der Waals surface area contributed by atoms with Crippen LogP contribution < -0.4 is 0 Å². The Bertz CT molecular complexity index is 1150. The molecule has 0 saturated heterocycles. The number of halogens is 1. The Labute approximate surface area is 197 Å². The van der Waals surface area contributed by atoms with Crippen LogP contribution in [0.5, 0.6) is 11.5 Å². The van der Waals surface area contributed by atoms with E-state index in [4.69, 9.17) is 11.5 Å². The Morgan fingerprint density at radius 3 is 1.48 bits per heavy atom. The molecule has 0 saturated carbocycles. The van der Waals surface area contributed by atoms with Crippen molar-refractivity contribution in [3.63, 3.8) is 0 Å². The molecular weight excluding hydrogens is 495 g/mol. The lowest BCUT2D eigenvalue weighted by Crippen LogP contribution is -1.74. The zero-order valence-electron chi connectivity index (χ0n) is 16.7. The SMILES string of the molecule is C#Cc1ccccc1.Oc1cccc(C#Cc2ccccc2)c1.Oc1cccc(I)c1. The highest BCUT2D eigenvalue weighted by atomic mass is 127. The fourth-order valence-electron chi connectivity index (χ4n) is 2.26. The molecule has 152 valence electrons. The van der Waals surface area contributed by atoms with Crippen LogP contribution >= 0.6 is 22.6 Å². The molecule has 4 rings (SSSR count). The predicted molar refractivity (Wildman–Crippen MR) is 136 cm³/mol. The zero-order chi connectivity index (χ0) is 22.3. The maximum absolute atomic E-state index is 9.24. The molecule has 0 bridgehead atoms. The summed E-state index contributed by atoms with van der Waals surface area (Å²) in [5.74, 6) is 9.12. The van der Waals surface area contributed by atoms with Crippen molar-refractivity contribution in [3.05, 3.63) is 129 Å². The van der Waals surface area contributed by atoms with Gasteiger partial charge in [0, 0.05) is 20.3 Å². The zero-order valence-corrected chi connectivity index (χ0v) is 18.9. The minimum absolute atomic E-state index is 0.245. The molecule has 0 aromatic heterocycles. The number of phenols is 2. The fraction of sp³-hybridized carbons (Fsp3) is 0. The van der Waals surface area contributed by atoms with Crippen LogP contribution in [0.2, 0.25) is 0 Å². The summed E-state index contributed by atoms with van der Waals surface area (Å²) in [7, 11) is 0. The molecule has 0 heterocycles. The number of benzene rings is 4. The van der Waals surface area contributed by atoms with Crippen molar-refractivity contribution >= 4 is 22.6 Å². The van der Waals surface area contributed by atoms with Crippen LogP contribution in [0, 0.1) is 27.8 Å². The minimum atomic E-state index is 0.245. The van der Waals surface area contributed by atoms with E-state index in [-0.39, 0.29) is 5.75 Å². The quantitative estimate of drug-likeness (QED) is 0.208. The Kier molecular flexibility index (Phi) is 10.3. The first-order chi connectivity index (χ1) is 15.1. The second-order valence-electron chi connectivity index (χ2n) is 6.16. The van der Waals surface area contributed by atoms with Crippen LogP contribution in [0.4, 0.5) is 0 Å². The maximum atomic E-state index is 9.24. The van der Waals surface area contributed by atoms with Gasteiger partial charge >= 0.3 is 0 Å². The number of rotatable bonds is 0. The van der Waals surface area contributed by atoms with Gasteiger partial charge in [-0.2, -0.15) is 0 Å². The molecule has 2 N–H and O–H groups in total. The molecule has 0 aliphatic rings.